The van der Waals surface area contributed by atoms with E-state index in [2.05, 4.69) is 0 Å². The molecule has 0 saturated heterocycles. The first-order valence-corrected chi connectivity index (χ1v) is 9.20. The highest BCUT2D eigenvalue weighted by Crippen LogP contribution is 2.26. The van der Waals surface area contributed by atoms with Gasteiger partial charge in [0.15, 0.2) is 0 Å². The van der Waals surface area contributed by atoms with Gasteiger partial charge in [0.05, 0.1) is 37.3 Å². The maximum Gasteiger partial charge on any atom is 0.311 e. The minimum absolute atomic E-state index is 0.232. The Balaban J connectivity index is 0.000000240. The Kier molecular flexibility index (Phi) is 9.95. The van der Waals surface area contributed by atoms with Crippen molar-refractivity contribution in [2.45, 2.75) is 77.4 Å². The summed E-state index contributed by atoms with van der Waals surface area (Å²) in [6, 6.07) is 0. The highest BCUT2D eigenvalue weighted by molar-refractivity contribution is 5.73. The van der Waals surface area contributed by atoms with Gasteiger partial charge in [0.2, 0.25) is 0 Å². The van der Waals surface area contributed by atoms with Crippen LogP contribution in [0.5, 0.6) is 0 Å². The van der Waals surface area contributed by atoms with Crippen LogP contribution in [0.3, 0.4) is 0 Å². The molecule has 6 heteroatoms. The number of rotatable bonds is 4. The van der Waals surface area contributed by atoms with E-state index >= 15 is 0 Å². The minimum Gasteiger partial charge on any atom is -0.466 e. The second kappa shape index (κ2) is 11.4. The van der Waals surface area contributed by atoms with Crippen molar-refractivity contribution in [2.75, 3.05) is 13.2 Å². The summed E-state index contributed by atoms with van der Waals surface area (Å²) in [6.45, 7) is 4.38. The third-order valence-corrected chi connectivity index (χ3v) is 4.64. The number of esters is 2. The van der Waals surface area contributed by atoms with Crippen molar-refractivity contribution in [1.82, 2.24) is 0 Å². The third kappa shape index (κ3) is 6.77. The maximum absolute atomic E-state index is 11.2. The van der Waals surface area contributed by atoms with Crippen LogP contribution in [0.15, 0.2) is 0 Å². The Hall–Kier alpha value is -1.14. The van der Waals surface area contributed by atoms with Crippen LogP contribution < -0.4 is 0 Å². The van der Waals surface area contributed by atoms with Gasteiger partial charge in [-0.15, -0.1) is 0 Å². The van der Waals surface area contributed by atoms with Gasteiger partial charge in [0.1, 0.15) is 0 Å². The Labute approximate surface area is 144 Å². The molecule has 140 valence electrons. The topological polar surface area (TPSA) is 93.1 Å². The molecule has 0 radical (unpaired) electrons. The van der Waals surface area contributed by atoms with Gasteiger partial charge in [-0.1, -0.05) is 25.7 Å². The van der Waals surface area contributed by atoms with E-state index in [9.17, 15) is 19.8 Å². The van der Waals surface area contributed by atoms with Gasteiger partial charge in [-0.3, -0.25) is 9.59 Å². The molecule has 0 bridgehead atoms. The predicted molar refractivity (Wildman–Crippen MR) is 89.2 cm³/mol. The van der Waals surface area contributed by atoms with Crippen molar-refractivity contribution in [3.05, 3.63) is 0 Å². The molecule has 4 atom stereocenters. The first-order chi connectivity index (χ1) is 11.5. The zero-order valence-electron chi connectivity index (χ0n) is 14.9. The fourth-order valence-electron chi connectivity index (χ4n) is 3.27. The highest BCUT2D eigenvalue weighted by Gasteiger charge is 2.31. The van der Waals surface area contributed by atoms with E-state index in [1.165, 1.54) is 0 Å². The normalized spacial score (nSPS) is 29.8. The summed E-state index contributed by atoms with van der Waals surface area (Å²) in [4.78, 5) is 22.5. The number of carbonyl (C=O) groups is 2. The van der Waals surface area contributed by atoms with Gasteiger partial charge in [-0.05, 0) is 39.5 Å². The average Bonchev–Trinajstić information content (AvgIpc) is 2.56. The number of aliphatic hydroxyl groups excluding tert-OH is 2. The molecule has 24 heavy (non-hydrogen) atoms. The fourth-order valence-corrected chi connectivity index (χ4v) is 3.27. The zero-order valence-corrected chi connectivity index (χ0v) is 14.9. The summed E-state index contributed by atoms with van der Waals surface area (Å²) in [5.74, 6) is -0.994. The van der Waals surface area contributed by atoms with E-state index in [1.807, 2.05) is 0 Å². The molecule has 2 aliphatic rings. The lowest BCUT2D eigenvalue weighted by molar-refractivity contribution is -0.154. The minimum atomic E-state index is -0.474. The van der Waals surface area contributed by atoms with Crippen molar-refractivity contribution in [3.8, 4) is 0 Å². The molecule has 0 aromatic carbocycles. The summed E-state index contributed by atoms with van der Waals surface area (Å²) in [6.07, 6.45) is 6.19. The smallest absolute Gasteiger partial charge is 0.311 e. The van der Waals surface area contributed by atoms with Crippen LogP contribution in [-0.4, -0.2) is 47.6 Å². The number of ether oxygens (including phenoxy) is 2. The summed E-state index contributed by atoms with van der Waals surface area (Å²) < 4.78 is 9.71. The summed E-state index contributed by atoms with van der Waals surface area (Å²) in [7, 11) is 0. The monoisotopic (exact) mass is 344 g/mol. The molecular formula is C18H32O6. The lowest BCUT2D eigenvalue weighted by Gasteiger charge is -2.25. The standard InChI is InChI=1S/2C9H16O3/c2*1-2-12-9(11)7-5-3-4-6-8(7)10/h2*7-8,10H,2-6H2,1H3. The number of carbonyl (C=O) groups excluding carboxylic acids is 2. The number of hydrogen-bond donors (Lipinski definition) is 2. The van der Waals surface area contributed by atoms with Gasteiger partial charge in [0, 0.05) is 0 Å². The average molecular weight is 344 g/mol. The lowest BCUT2D eigenvalue weighted by atomic mass is 9.87. The molecule has 2 aliphatic carbocycles. The van der Waals surface area contributed by atoms with E-state index in [1.54, 1.807) is 13.8 Å². The molecule has 0 aromatic rings. The van der Waals surface area contributed by atoms with E-state index < -0.39 is 12.2 Å². The van der Waals surface area contributed by atoms with Gasteiger partial charge in [0.25, 0.3) is 0 Å². The van der Waals surface area contributed by atoms with Crippen LogP contribution in [0.25, 0.3) is 0 Å². The lowest BCUT2D eigenvalue weighted by Crippen LogP contribution is -2.32. The van der Waals surface area contributed by atoms with Crippen molar-refractivity contribution in [3.63, 3.8) is 0 Å². The Morgan fingerprint density at radius 3 is 1.38 bits per heavy atom. The van der Waals surface area contributed by atoms with E-state index in [0.29, 0.717) is 13.2 Å². The van der Waals surface area contributed by atoms with Gasteiger partial charge in [-0.25, -0.2) is 0 Å². The second-order valence-corrected chi connectivity index (χ2v) is 6.42. The first kappa shape index (κ1) is 20.9. The van der Waals surface area contributed by atoms with E-state index in [4.69, 9.17) is 9.47 Å². The molecular weight excluding hydrogens is 312 g/mol. The molecule has 0 aromatic heterocycles. The third-order valence-electron chi connectivity index (χ3n) is 4.64. The Morgan fingerprint density at radius 2 is 1.08 bits per heavy atom. The Bertz CT molecular complexity index is 348. The fraction of sp³-hybridized carbons (Fsp3) is 0.889. The van der Waals surface area contributed by atoms with Gasteiger partial charge >= 0.3 is 11.9 Å². The number of hydrogen-bond acceptors (Lipinski definition) is 6. The quantitative estimate of drug-likeness (QED) is 0.760. The van der Waals surface area contributed by atoms with Crippen LogP contribution >= 0.6 is 0 Å². The summed E-state index contributed by atoms with van der Waals surface area (Å²) in [5, 5.41) is 18.9. The molecule has 0 aliphatic heterocycles. The molecule has 0 heterocycles. The number of aliphatic hydroxyl groups is 2. The molecule has 2 saturated carbocycles. The first-order valence-electron chi connectivity index (χ1n) is 9.20. The van der Waals surface area contributed by atoms with Crippen LogP contribution in [0.4, 0.5) is 0 Å². The van der Waals surface area contributed by atoms with Crippen molar-refractivity contribution < 1.29 is 29.3 Å². The van der Waals surface area contributed by atoms with Crippen LogP contribution in [0.1, 0.15) is 65.2 Å². The molecule has 4 unspecified atom stereocenters. The molecule has 2 fully saturated rings. The highest BCUT2D eigenvalue weighted by atomic mass is 16.5. The summed E-state index contributed by atoms with van der Waals surface area (Å²) >= 11 is 0. The molecule has 2 N–H and O–H groups in total. The van der Waals surface area contributed by atoms with E-state index in [-0.39, 0.29) is 23.8 Å². The van der Waals surface area contributed by atoms with Crippen LogP contribution in [0.2, 0.25) is 0 Å². The maximum atomic E-state index is 11.2. The molecule has 0 spiro atoms. The van der Waals surface area contributed by atoms with Crippen LogP contribution in [-0.2, 0) is 19.1 Å². The SMILES string of the molecule is CCOC(=O)C1CCCCC1O.CCOC(=O)C1CCCCC1O. The van der Waals surface area contributed by atoms with Gasteiger partial charge in [-0.2, -0.15) is 0 Å². The molecule has 2 rings (SSSR count). The second-order valence-electron chi connectivity index (χ2n) is 6.42. The van der Waals surface area contributed by atoms with Crippen molar-refractivity contribution >= 4 is 11.9 Å². The van der Waals surface area contributed by atoms with Gasteiger partial charge < -0.3 is 19.7 Å². The van der Waals surface area contributed by atoms with Crippen molar-refractivity contribution in [2.24, 2.45) is 11.8 Å². The summed E-state index contributed by atoms with van der Waals surface area (Å²) in [5.41, 5.74) is 0. The van der Waals surface area contributed by atoms with Crippen molar-refractivity contribution in [1.29, 1.82) is 0 Å². The largest absolute Gasteiger partial charge is 0.466 e. The predicted octanol–water partition coefficient (Wildman–Crippen LogP) is 2.20. The molecule has 0 amide bonds. The zero-order chi connectivity index (χ0) is 17.9. The van der Waals surface area contributed by atoms with E-state index in [0.717, 1.165) is 51.4 Å². The Morgan fingerprint density at radius 1 is 0.750 bits per heavy atom. The molecule has 6 nitrogen and oxygen atoms in total. The van der Waals surface area contributed by atoms with Crippen LogP contribution in [0, 0.1) is 11.8 Å².